The summed E-state index contributed by atoms with van der Waals surface area (Å²) in [6.07, 6.45) is 7.77. The van der Waals surface area contributed by atoms with Gasteiger partial charge >= 0.3 is 0 Å². The Labute approximate surface area is 199 Å². The summed E-state index contributed by atoms with van der Waals surface area (Å²) in [4.78, 5) is 29.2. The SMILES string of the molecule is COCCN/C(N)=C/C=C(\N)C(=O)N=C(N)C(C)(c1ccc(-c2cnc(N)nc2)nc1)C(C)C. The Bertz CT molecular complexity index is 1060. The van der Waals surface area contributed by atoms with Crippen molar-refractivity contribution in [2.24, 2.45) is 28.1 Å². The minimum Gasteiger partial charge on any atom is -0.394 e. The van der Waals surface area contributed by atoms with E-state index in [2.05, 4.69) is 25.3 Å². The van der Waals surface area contributed by atoms with Crippen LogP contribution in [-0.4, -0.2) is 47.0 Å². The molecule has 0 aromatic carbocycles. The van der Waals surface area contributed by atoms with Gasteiger partial charge < -0.3 is 33.0 Å². The average molecular weight is 468 g/mol. The number of hydrogen-bond donors (Lipinski definition) is 5. The summed E-state index contributed by atoms with van der Waals surface area (Å²) < 4.78 is 4.93. The second kappa shape index (κ2) is 11.8. The topological polar surface area (TPSA) is 193 Å². The largest absolute Gasteiger partial charge is 0.394 e. The number of hydrogen-bond acceptors (Lipinski definition) is 9. The quantitative estimate of drug-likeness (QED) is 0.110. The minimum atomic E-state index is -0.768. The molecule has 0 spiro atoms. The molecule has 1 atom stereocenters. The number of allylic oxidation sites excluding steroid dienone is 2. The van der Waals surface area contributed by atoms with E-state index in [1.54, 1.807) is 25.7 Å². The molecule has 2 rings (SSSR count). The second-order valence-electron chi connectivity index (χ2n) is 8.08. The van der Waals surface area contributed by atoms with Crippen LogP contribution in [0.3, 0.4) is 0 Å². The number of pyridine rings is 1. The van der Waals surface area contributed by atoms with E-state index < -0.39 is 11.3 Å². The molecule has 0 aliphatic rings. The van der Waals surface area contributed by atoms with Gasteiger partial charge in [-0.25, -0.2) is 9.97 Å². The Morgan fingerprint density at radius 2 is 1.82 bits per heavy atom. The zero-order valence-corrected chi connectivity index (χ0v) is 19.9. The van der Waals surface area contributed by atoms with Crippen LogP contribution < -0.4 is 28.3 Å². The van der Waals surface area contributed by atoms with E-state index in [9.17, 15) is 4.79 Å². The highest BCUT2D eigenvalue weighted by atomic mass is 16.5. The number of nitrogens with one attached hydrogen (secondary N) is 1. The van der Waals surface area contributed by atoms with Crippen molar-refractivity contribution in [3.8, 4) is 11.3 Å². The maximum Gasteiger partial charge on any atom is 0.294 e. The lowest BCUT2D eigenvalue weighted by molar-refractivity contribution is -0.114. The lowest BCUT2D eigenvalue weighted by Gasteiger charge is -2.33. The number of amidine groups is 1. The molecule has 0 saturated heterocycles. The molecule has 0 bridgehead atoms. The Hall–Kier alpha value is -3.99. The Kier molecular flexibility index (Phi) is 9.08. The number of nitrogens with two attached hydrogens (primary N) is 4. The van der Waals surface area contributed by atoms with Gasteiger partial charge in [-0.2, -0.15) is 4.99 Å². The maximum atomic E-state index is 12.6. The maximum absolute atomic E-state index is 12.6. The summed E-state index contributed by atoms with van der Waals surface area (Å²) in [6, 6.07) is 3.72. The smallest absolute Gasteiger partial charge is 0.294 e. The van der Waals surface area contributed by atoms with Crippen LogP contribution >= 0.6 is 0 Å². The van der Waals surface area contributed by atoms with Crippen molar-refractivity contribution < 1.29 is 9.53 Å². The molecule has 2 heterocycles. The molecule has 1 amide bonds. The van der Waals surface area contributed by atoms with Crippen LogP contribution in [0.15, 0.2) is 59.4 Å². The second-order valence-corrected chi connectivity index (χ2v) is 8.08. The number of anilines is 1. The third-order valence-electron chi connectivity index (χ3n) is 5.56. The zero-order valence-electron chi connectivity index (χ0n) is 19.9. The van der Waals surface area contributed by atoms with Gasteiger partial charge in [0, 0.05) is 37.8 Å². The van der Waals surface area contributed by atoms with Gasteiger partial charge in [0.15, 0.2) is 0 Å². The normalized spacial score (nSPS) is 14.7. The van der Waals surface area contributed by atoms with Gasteiger partial charge in [0.2, 0.25) is 5.95 Å². The predicted molar refractivity (Wildman–Crippen MR) is 133 cm³/mol. The highest BCUT2D eigenvalue weighted by Crippen LogP contribution is 2.33. The number of methoxy groups -OCH3 is 1. The molecule has 0 aliphatic heterocycles. The van der Waals surface area contributed by atoms with Crippen molar-refractivity contribution in [3.63, 3.8) is 0 Å². The molecule has 0 saturated carbocycles. The van der Waals surface area contributed by atoms with Crippen molar-refractivity contribution in [2.45, 2.75) is 26.2 Å². The van der Waals surface area contributed by atoms with Crippen molar-refractivity contribution in [1.29, 1.82) is 0 Å². The zero-order chi connectivity index (χ0) is 25.3. The number of amides is 1. The van der Waals surface area contributed by atoms with E-state index in [4.69, 9.17) is 27.7 Å². The summed E-state index contributed by atoms with van der Waals surface area (Å²) >= 11 is 0. The number of aliphatic imine (C=N–C) groups is 1. The molecule has 34 heavy (non-hydrogen) atoms. The molecule has 2 aromatic rings. The van der Waals surface area contributed by atoms with Gasteiger partial charge in [0.25, 0.3) is 5.91 Å². The molecule has 9 N–H and O–H groups in total. The number of nitrogen functional groups attached to an aromatic ring is 1. The van der Waals surface area contributed by atoms with E-state index in [1.807, 2.05) is 32.9 Å². The van der Waals surface area contributed by atoms with Gasteiger partial charge in [-0.15, -0.1) is 0 Å². The van der Waals surface area contributed by atoms with E-state index >= 15 is 0 Å². The molecule has 1 unspecified atom stereocenters. The predicted octanol–water partition coefficient (Wildman–Crippen LogP) is 0.797. The summed E-state index contributed by atoms with van der Waals surface area (Å²) in [5.74, 6) is 0.00490. The summed E-state index contributed by atoms with van der Waals surface area (Å²) in [6.45, 7) is 6.90. The fourth-order valence-corrected chi connectivity index (χ4v) is 3.02. The van der Waals surface area contributed by atoms with Crippen LogP contribution in [0.5, 0.6) is 0 Å². The van der Waals surface area contributed by atoms with Crippen LogP contribution in [0.25, 0.3) is 11.3 Å². The highest BCUT2D eigenvalue weighted by Gasteiger charge is 2.36. The van der Waals surface area contributed by atoms with Gasteiger partial charge in [0.1, 0.15) is 5.84 Å². The van der Waals surface area contributed by atoms with Crippen LogP contribution in [0.4, 0.5) is 5.95 Å². The third kappa shape index (κ3) is 6.51. The Balaban J connectivity index is 2.26. The summed E-state index contributed by atoms with van der Waals surface area (Å²) in [5.41, 5.74) is 24.9. The summed E-state index contributed by atoms with van der Waals surface area (Å²) in [5, 5.41) is 2.92. The third-order valence-corrected chi connectivity index (χ3v) is 5.56. The minimum absolute atomic E-state index is 0.00212. The average Bonchev–Trinajstić information content (AvgIpc) is 2.82. The molecule has 182 valence electrons. The fraction of sp³-hybridized carbons (Fsp3) is 0.348. The number of rotatable bonds is 10. The molecule has 0 aliphatic carbocycles. The first-order chi connectivity index (χ1) is 16.1. The van der Waals surface area contributed by atoms with Crippen LogP contribution in [0.1, 0.15) is 26.3 Å². The van der Waals surface area contributed by atoms with Gasteiger partial charge in [-0.1, -0.05) is 19.9 Å². The molecule has 11 nitrogen and oxygen atoms in total. The van der Waals surface area contributed by atoms with Gasteiger partial charge in [-0.3, -0.25) is 9.78 Å². The Morgan fingerprint density at radius 3 is 2.38 bits per heavy atom. The van der Waals surface area contributed by atoms with E-state index in [-0.39, 0.29) is 23.4 Å². The highest BCUT2D eigenvalue weighted by molar-refractivity contribution is 6.05. The molecular formula is C23H33N9O2. The lowest BCUT2D eigenvalue weighted by Crippen LogP contribution is -2.44. The monoisotopic (exact) mass is 467 g/mol. The van der Waals surface area contributed by atoms with Crippen molar-refractivity contribution in [2.75, 3.05) is 26.0 Å². The van der Waals surface area contributed by atoms with Crippen LogP contribution in [-0.2, 0) is 14.9 Å². The molecule has 0 radical (unpaired) electrons. The van der Waals surface area contributed by atoms with E-state index in [0.717, 1.165) is 11.1 Å². The lowest BCUT2D eigenvalue weighted by atomic mass is 9.73. The first-order valence-corrected chi connectivity index (χ1v) is 10.7. The summed E-state index contributed by atoms with van der Waals surface area (Å²) in [7, 11) is 1.59. The number of ether oxygens (including phenoxy) is 1. The molecular weight excluding hydrogens is 434 g/mol. The number of aromatic nitrogens is 3. The number of carbonyl (C=O) groups is 1. The van der Waals surface area contributed by atoms with Crippen molar-refractivity contribution >= 4 is 17.7 Å². The number of nitrogens with zero attached hydrogens (tertiary/aromatic N) is 4. The van der Waals surface area contributed by atoms with Crippen molar-refractivity contribution in [1.82, 2.24) is 20.3 Å². The first-order valence-electron chi connectivity index (χ1n) is 10.7. The van der Waals surface area contributed by atoms with Crippen LogP contribution in [0, 0.1) is 5.92 Å². The van der Waals surface area contributed by atoms with E-state index in [1.165, 1.54) is 12.2 Å². The van der Waals surface area contributed by atoms with E-state index in [0.29, 0.717) is 24.7 Å². The first kappa shape index (κ1) is 26.3. The standard InChI is InChI=1S/C23H33N9O2/c1-14(2)23(3,16-5-7-18(29-13-16)15-11-30-22(27)31-12-15)21(26)32-20(33)17(24)6-8-19(25)28-9-10-34-4/h5-8,11-14,28H,9-10,24-25H2,1-4H3,(H2,26,32,33)(H2,27,30,31)/b17-6-,19-8+. The fourth-order valence-electron chi connectivity index (χ4n) is 3.02. The molecule has 0 fully saturated rings. The van der Waals surface area contributed by atoms with Gasteiger partial charge in [0.05, 0.1) is 29.2 Å². The molecule has 11 heteroatoms. The van der Waals surface area contributed by atoms with Crippen molar-refractivity contribution in [3.05, 3.63) is 60.0 Å². The van der Waals surface area contributed by atoms with Gasteiger partial charge in [-0.05, 0) is 36.6 Å². The number of carbonyl (C=O) groups excluding carboxylic acids is 1. The Morgan fingerprint density at radius 1 is 1.15 bits per heavy atom. The molecule has 2 aromatic heterocycles. The van der Waals surface area contributed by atoms with Crippen LogP contribution in [0.2, 0.25) is 0 Å².